The largest absolute Gasteiger partial charge is 0.382 e. The van der Waals surface area contributed by atoms with Crippen LogP contribution in [-0.2, 0) is 0 Å². The number of H-pyrrole nitrogens is 1. The zero-order valence-corrected chi connectivity index (χ0v) is 13.5. The molecule has 3 N–H and O–H groups in total. The van der Waals surface area contributed by atoms with Gasteiger partial charge in [-0.2, -0.15) is 5.10 Å². The van der Waals surface area contributed by atoms with Crippen molar-refractivity contribution in [3.63, 3.8) is 0 Å². The molecule has 0 saturated carbocycles. The third kappa shape index (κ3) is 2.47. The third-order valence-electron chi connectivity index (χ3n) is 3.59. The molecule has 0 aliphatic carbocycles. The fourth-order valence-electron chi connectivity index (χ4n) is 2.58. The minimum Gasteiger partial charge on any atom is -0.382 e. The predicted octanol–water partition coefficient (Wildman–Crippen LogP) is 4.71. The molecular weight excluding hydrogens is 326 g/mol. The average molecular weight is 342 g/mol. The zero-order valence-electron chi connectivity index (χ0n) is 11.9. The minimum absolute atomic E-state index is 0.511. The highest BCUT2D eigenvalue weighted by Gasteiger charge is 2.17. The van der Waals surface area contributed by atoms with Crippen molar-refractivity contribution in [3.05, 3.63) is 58.1 Å². The van der Waals surface area contributed by atoms with Crippen molar-refractivity contribution in [2.45, 2.75) is 13.8 Å². The van der Waals surface area contributed by atoms with Crippen molar-refractivity contribution in [1.82, 2.24) is 10.2 Å². The summed E-state index contributed by atoms with van der Waals surface area (Å²) in [6.45, 7) is 4.19. The number of halogens is 1. The smallest absolute Gasteiger partial charge is 0.153 e. The number of hydrogen-bond donors (Lipinski definition) is 2. The van der Waals surface area contributed by atoms with E-state index < -0.39 is 0 Å². The summed E-state index contributed by atoms with van der Waals surface area (Å²) in [5.74, 6) is 0.511. The molecule has 106 valence electrons. The molecule has 21 heavy (non-hydrogen) atoms. The summed E-state index contributed by atoms with van der Waals surface area (Å²) in [5.41, 5.74) is 12.6. The maximum absolute atomic E-state index is 6.10. The van der Waals surface area contributed by atoms with E-state index in [4.69, 9.17) is 5.73 Å². The fourth-order valence-corrected chi connectivity index (χ4v) is 3.06. The number of rotatable bonds is 2. The lowest BCUT2D eigenvalue weighted by molar-refractivity contribution is 1.10. The molecule has 3 aromatic rings. The molecule has 3 nitrogen and oxygen atoms in total. The van der Waals surface area contributed by atoms with Gasteiger partial charge in [-0.3, -0.25) is 5.10 Å². The lowest BCUT2D eigenvalue weighted by Crippen LogP contribution is -1.91. The maximum Gasteiger partial charge on any atom is 0.153 e. The summed E-state index contributed by atoms with van der Waals surface area (Å²) < 4.78 is 1.00. The summed E-state index contributed by atoms with van der Waals surface area (Å²) in [6.07, 6.45) is 0. The van der Waals surface area contributed by atoms with Crippen LogP contribution in [0.3, 0.4) is 0 Å². The number of aryl methyl sites for hydroxylation is 2. The summed E-state index contributed by atoms with van der Waals surface area (Å²) in [5, 5.41) is 7.29. The van der Waals surface area contributed by atoms with Gasteiger partial charge in [-0.15, -0.1) is 0 Å². The van der Waals surface area contributed by atoms with Gasteiger partial charge in [-0.1, -0.05) is 57.9 Å². The van der Waals surface area contributed by atoms with E-state index in [1.807, 2.05) is 24.3 Å². The van der Waals surface area contributed by atoms with E-state index in [0.29, 0.717) is 5.82 Å². The van der Waals surface area contributed by atoms with Gasteiger partial charge in [0.2, 0.25) is 0 Å². The molecule has 4 heteroatoms. The monoisotopic (exact) mass is 341 g/mol. The first-order valence-corrected chi connectivity index (χ1v) is 7.53. The molecule has 0 spiro atoms. The Bertz CT molecular complexity index is 806. The normalized spacial score (nSPS) is 10.8. The van der Waals surface area contributed by atoms with Crippen LogP contribution < -0.4 is 5.73 Å². The maximum atomic E-state index is 6.10. The van der Waals surface area contributed by atoms with Gasteiger partial charge in [-0.25, -0.2) is 0 Å². The number of aromatic nitrogens is 2. The first-order valence-electron chi connectivity index (χ1n) is 6.74. The highest BCUT2D eigenvalue weighted by Crippen LogP contribution is 2.39. The molecular formula is C17H16BrN3. The van der Waals surface area contributed by atoms with Crippen LogP contribution >= 0.6 is 15.9 Å². The quantitative estimate of drug-likeness (QED) is 0.709. The van der Waals surface area contributed by atoms with Gasteiger partial charge in [0.15, 0.2) is 5.82 Å². The number of hydrogen-bond acceptors (Lipinski definition) is 2. The number of benzene rings is 2. The second-order valence-electron chi connectivity index (χ2n) is 5.16. The van der Waals surface area contributed by atoms with E-state index in [2.05, 4.69) is 58.2 Å². The summed E-state index contributed by atoms with van der Waals surface area (Å²) in [7, 11) is 0. The highest BCUT2D eigenvalue weighted by molar-refractivity contribution is 9.10. The summed E-state index contributed by atoms with van der Waals surface area (Å²) in [6, 6.07) is 14.4. The molecule has 0 radical (unpaired) electrons. The molecule has 0 fully saturated rings. The summed E-state index contributed by atoms with van der Waals surface area (Å²) in [4.78, 5) is 0. The van der Waals surface area contributed by atoms with Gasteiger partial charge in [0.1, 0.15) is 0 Å². The second kappa shape index (κ2) is 5.37. The van der Waals surface area contributed by atoms with Crippen LogP contribution in [0, 0.1) is 13.8 Å². The average Bonchev–Trinajstić information content (AvgIpc) is 2.81. The van der Waals surface area contributed by atoms with Crippen molar-refractivity contribution in [2.75, 3.05) is 5.73 Å². The standard InChI is InChI=1S/C17H16BrN3/c1-10-7-8-12(11(2)9-10)16-15(17(19)21-20-16)13-5-3-4-6-14(13)18/h3-9H,1-2H3,(H3,19,20,21). The molecule has 1 heterocycles. The van der Waals surface area contributed by atoms with Crippen LogP contribution in [0.15, 0.2) is 46.9 Å². The molecule has 2 aromatic carbocycles. The van der Waals surface area contributed by atoms with Gasteiger partial charge < -0.3 is 5.73 Å². The molecule has 0 bridgehead atoms. The number of nitrogens with two attached hydrogens (primary N) is 1. The lowest BCUT2D eigenvalue weighted by atomic mass is 9.97. The van der Waals surface area contributed by atoms with E-state index in [0.717, 1.165) is 26.9 Å². The molecule has 0 aliphatic rings. The van der Waals surface area contributed by atoms with Crippen LogP contribution in [0.2, 0.25) is 0 Å². The van der Waals surface area contributed by atoms with E-state index in [1.54, 1.807) is 0 Å². The topological polar surface area (TPSA) is 54.7 Å². The molecule has 3 rings (SSSR count). The Morgan fingerprint density at radius 3 is 2.52 bits per heavy atom. The van der Waals surface area contributed by atoms with Crippen molar-refractivity contribution < 1.29 is 0 Å². The lowest BCUT2D eigenvalue weighted by Gasteiger charge is -2.09. The number of nitrogen functional groups attached to an aromatic ring is 1. The Labute approximate surface area is 132 Å². The van der Waals surface area contributed by atoms with Crippen molar-refractivity contribution in [3.8, 4) is 22.4 Å². The Balaban J connectivity index is 2.25. The van der Waals surface area contributed by atoms with Crippen LogP contribution in [0.4, 0.5) is 5.82 Å². The fraction of sp³-hybridized carbons (Fsp3) is 0.118. The van der Waals surface area contributed by atoms with E-state index >= 15 is 0 Å². The van der Waals surface area contributed by atoms with Crippen LogP contribution in [0.1, 0.15) is 11.1 Å². The van der Waals surface area contributed by atoms with Gasteiger partial charge in [-0.05, 0) is 25.5 Å². The number of nitrogens with one attached hydrogen (secondary N) is 1. The third-order valence-corrected chi connectivity index (χ3v) is 4.28. The van der Waals surface area contributed by atoms with Gasteiger partial charge >= 0.3 is 0 Å². The van der Waals surface area contributed by atoms with Gasteiger partial charge in [0, 0.05) is 15.6 Å². The Kier molecular flexibility index (Phi) is 3.55. The molecule has 0 atom stereocenters. The molecule has 0 saturated heterocycles. The minimum atomic E-state index is 0.511. The first-order chi connectivity index (χ1) is 10.1. The molecule has 0 unspecified atom stereocenters. The zero-order chi connectivity index (χ0) is 15.0. The Hall–Kier alpha value is -2.07. The molecule has 0 amide bonds. The van der Waals surface area contributed by atoms with Crippen LogP contribution in [0.5, 0.6) is 0 Å². The van der Waals surface area contributed by atoms with E-state index in [9.17, 15) is 0 Å². The van der Waals surface area contributed by atoms with Gasteiger partial charge in [0.25, 0.3) is 0 Å². The number of nitrogens with zero attached hydrogens (tertiary/aromatic N) is 1. The second-order valence-corrected chi connectivity index (χ2v) is 6.01. The predicted molar refractivity (Wildman–Crippen MR) is 91.0 cm³/mol. The summed E-state index contributed by atoms with van der Waals surface area (Å²) >= 11 is 3.59. The Morgan fingerprint density at radius 2 is 1.81 bits per heavy atom. The van der Waals surface area contributed by atoms with Crippen molar-refractivity contribution in [1.29, 1.82) is 0 Å². The number of aromatic amines is 1. The van der Waals surface area contributed by atoms with E-state index in [-0.39, 0.29) is 0 Å². The van der Waals surface area contributed by atoms with Crippen molar-refractivity contribution >= 4 is 21.7 Å². The van der Waals surface area contributed by atoms with E-state index in [1.165, 1.54) is 11.1 Å². The Morgan fingerprint density at radius 1 is 1.05 bits per heavy atom. The van der Waals surface area contributed by atoms with Crippen molar-refractivity contribution in [2.24, 2.45) is 0 Å². The molecule has 0 aliphatic heterocycles. The SMILES string of the molecule is Cc1ccc(-c2[nH]nc(N)c2-c2ccccc2Br)c(C)c1. The highest BCUT2D eigenvalue weighted by atomic mass is 79.9. The van der Waals surface area contributed by atoms with Crippen LogP contribution in [0.25, 0.3) is 22.4 Å². The number of anilines is 1. The molecule has 1 aromatic heterocycles. The van der Waals surface area contributed by atoms with Crippen LogP contribution in [-0.4, -0.2) is 10.2 Å². The first kappa shape index (κ1) is 13.9. The van der Waals surface area contributed by atoms with Gasteiger partial charge in [0.05, 0.1) is 11.3 Å².